The van der Waals surface area contributed by atoms with E-state index in [9.17, 15) is 9.59 Å². The molecular formula is C17H17N3O4. The topological polar surface area (TPSA) is 93.9 Å². The Morgan fingerprint density at radius 3 is 2.58 bits per heavy atom. The molecule has 0 saturated carbocycles. The summed E-state index contributed by atoms with van der Waals surface area (Å²) in [6.45, 7) is 0.0743. The molecule has 7 heteroatoms. The highest BCUT2D eigenvalue weighted by molar-refractivity contribution is 6.07. The van der Waals surface area contributed by atoms with Crippen LogP contribution in [0.5, 0.6) is 11.5 Å². The molecule has 0 saturated heterocycles. The first-order chi connectivity index (χ1) is 11.6. The molecule has 3 rings (SSSR count). The Kier molecular flexibility index (Phi) is 4.35. The number of ether oxygens (including phenoxy) is 2. The number of hydrogen-bond donors (Lipinski definition) is 2. The maximum Gasteiger partial charge on any atom is 0.276 e. The highest BCUT2D eigenvalue weighted by Gasteiger charge is 2.33. The molecule has 7 nitrogen and oxygen atoms in total. The van der Waals surface area contributed by atoms with Gasteiger partial charge in [0.15, 0.2) is 6.10 Å². The normalized spacial score (nSPS) is 15.9. The average Bonchev–Trinajstić information content (AvgIpc) is 2.66. The molecule has 0 radical (unpaired) electrons. The standard InChI is InChI=1S/C17H17N3O4/c1-23-12-8-6-11(7-9-12)17(22)20-10-15(16(21)19-18)24-14-5-3-2-4-13(14)20/h2-9,15H,10,18H2,1H3,(H,19,21)/t15-/m1/s1. The number of hydrazine groups is 1. The predicted molar refractivity (Wildman–Crippen MR) is 87.9 cm³/mol. The fourth-order valence-electron chi connectivity index (χ4n) is 2.55. The van der Waals surface area contributed by atoms with E-state index in [1.807, 2.05) is 0 Å². The molecular weight excluding hydrogens is 310 g/mol. The van der Waals surface area contributed by atoms with Gasteiger partial charge in [-0.15, -0.1) is 0 Å². The summed E-state index contributed by atoms with van der Waals surface area (Å²) in [5.74, 6) is 5.59. The molecule has 1 aliphatic heterocycles. The molecule has 2 aromatic carbocycles. The summed E-state index contributed by atoms with van der Waals surface area (Å²) in [5.41, 5.74) is 3.16. The third-order valence-electron chi connectivity index (χ3n) is 3.79. The predicted octanol–water partition coefficient (Wildman–Crippen LogP) is 1.09. The first-order valence-electron chi connectivity index (χ1n) is 7.36. The number of carbonyl (C=O) groups is 2. The zero-order valence-corrected chi connectivity index (χ0v) is 13.1. The molecule has 0 fully saturated rings. The SMILES string of the molecule is COc1ccc(C(=O)N2C[C@H](C(=O)NN)Oc3ccccc32)cc1. The van der Waals surface area contributed by atoms with Gasteiger partial charge in [-0.25, -0.2) is 5.84 Å². The van der Waals surface area contributed by atoms with Crippen molar-refractivity contribution in [1.82, 2.24) is 5.43 Å². The molecule has 1 atom stereocenters. The maximum absolute atomic E-state index is 12.9. The number of benzene rings is 2. The van der Waals surface area contributed by atoms with Crippen LogP contribution in [0.1, 0.15) is 10.4 Å². The second-order valence-electron chi connectivity index (χ2n) is 5.23. The summed E-state index contributed by atoms with van der Waals surface area (Å²) in [4.78, 5) is 26.2. The summed E-state index contributed by atoms with van der Waals surface area (Å²) in [6, 6.07) is 13.8. The van der Waals surface area contributed by atoms with Crippen LogP contribution < -0.4 is 25.6 Å². The molecule has 2 aromatic rings. The largest absolute Gasteiger partial charge is 0.497 e. The van der Waals surface area contributed by atoms with Gasteiger partial charge in [0.2, 0.25) is 0 Å². The zero-order chi connectivity index (χ0) is 17.1. The lowest BCUT2D eigenvalue weighted by molar-refractivity contribution is -0.127. The second-order valence-corrected chi connectivity index (χ2v) is 5.23. The molecule has 0 unspecified atom stereocenters. The van der Waals surface area contributed by atoms with Gasteiger partial charge in [-0.3, -0.25) is 15.0 Å². The van der Waals surface area contributed by atoms with Crippen LogP contribution in [0.3, 0.4) is 0 Å². The summed E-state index contributed by atoms with van der Waals surface area (Å²) < 4.78 is 10.7. The number of fused-ring (bicyclic) bond motifs is 1. The minimum absolute atomic E-state index is 0.0743. The van der Waals surface area contributed by atoms with Crippen LogP contribution in [0, 0.1) is 0 Å². The van der Waals surface area contributed by atoms with Crippen molar-refractivity contribution in [2.45, 2.75) is 6.10 Å². The first kappa shape index (κ1) is 15.8. The summed E-state index contributed by atoms with van der Waals surface area (Å²) in [5, 5.41) is 0. The van der Waals surface area contributed by atoms with Gasteiger partial charge in [-0.2, -0.15) is 0 Å². The number of amides is 2. The molecule has 0 spiro atoms. The van der Waals surface area contributed by atoms with Crippen molar-refractivity contribution in [3.8, 4) is 11.5 Å². The van der Waals surface area contributed by atoms with E-state index >= 15 is 0 Å². The fourth-order valence-corrected chi connectivity index (χ4v) is 2.55. The maximum atomic E-state index is 12.9. The number of carbonyl (C=O) groups excluding carboxylic acids is 2. The third-order valence-corrected chi connectivity index (χ3v) is 3.79. The number of rotatable bonds is 3. The summed E-state index contributed by atoms with van der Waals surface area (Å²) in [7, 11) is 1.56. The van der Waals surface area contributed by atoms with Crippen molar-refractivity contribution in [3.63, 3.8) is 0 Å². The Hall–Kier alpha value is -3.06. The number of nitrogens with one attached hydrogen (secondary N) is 1. The molecule has 1 heterocycles. The van der Waals surface area contributed by atoms with Crippen molar-refractivity contribution in [3.05, 3.63) is 54.1 Å². The minimum atomic E-state index is -0.868. The number of anilines is 1. The van der Waals surface area contributed by atoms with Gasteiger partial charge >= 0.3 is 0 Å². The van der Waals surface area contributed by atoms with E-state index < -0.39 is 12.0 Å². The molecule has 2 amide bonds. The molecule has 0 bridgehead atoms. The quantitative estimate of drug-likeness (QED) is 0.500. The number of para-hydroxylation sites is 2. The molecule has 0 aliphatic carbocycles. The smallest absolute Gasteiger partial charge is 0.276 e. The molecule has 1 aliphatic rings. The van der Waals surface area contributed by atoms with Crippen molar-refractivity contribution in [2.24, 2.45) is 5.84 Å². The van der Waals surface area contributed by atoms with E-state index in [0.717, 1.165) is 0 Å². The lowest BCUT2D eigenvalue weighted by Gasteiger charge is -2.34. The van der Waals surface area contributed by atoms with E-state index in [4.69, 9.17) is 15.3 Å². The Balaban J connectivity index is 1.94. The molecule has 0 aromatic heterocycles. The van der Waals surface area contributed by atoms with E-state index in [1.165, 1.54) is 4.90 Å². The van der Waals surface area contributed by atoms with Gasteiger partial charge in [-0.1, -0.05) is 12.1 Å². The van der Waals surface area contributed by atoms with Gasteiger partial charge in [0.05, 0.1) is 19.3 Å². The Labute approximate surface area is 138 Å². The van der Waals surface area contributed by atoms with Crippen molar-refractivity contribution in [1.29, 1.82) is 0 Å². The summed E-state index contributed by atoms with van der Waals surface area (Å²) >= 11 is 0. The Morgan fingerprint density at radius 1 is 1.21 bits per heavy atom. The molecule has 124 valence electrons. The van der Waals surface area contributed by atoms with Gasteiger partial charge in [-0.05, 0) is 36.4 Å². The van der Waals surface area contributed by atoms with Gasteiger partial charge in [0.25, 0.3) is 11.8 Å². The highest BCUT2D eigenvalue weighted by atomic mass is 16.5. The van der Waals surface area contributed by atoms with Crippen LogP contribution in [0.25, 0.3) is 0 Å². The summed E-state index contributed by atoms with van der Waals surface area (Å²) in [6.07, 6.45) is -0.868. The Morgan fingerprint density at radius 2 is 1.92 bits per heavy atom. The van der Waals surface area contributed by atoms with Crippen LogP contribution >= 0.6 is 0 Å². The molecule has 3 N–H and O–H groups in total. The number of nitrogens with two attached hydrogens (primary N) is 1. The van der Waals surface area contributed by atoms with Crippen LogP contribution in [0.2, 0.25) is 0 Å². The van der Waals surface area contributed by atoms with Crippen LogP contribution in [0.15, 0.2) is 48.5 Å². The monoisotopic (exact) mass is 327 g/mol. The van der Waals surface area contributed by atoms with Gasteiger partial charge < -0.3 is 14.4 Å². The Bertz CT molecular complexity index is 761. The zero-order valence-electron chi connectivity index (χ0n) is 13.1. The van der Waals surface area contributed by atoms with Crippen molar-refractivity contribution >= 4 is 17.5 Å². The highest BCUT2D eigenvalue weighted by Crippen LogP contribution is 2.34. The minimum Gasteiger partial charge on any atom is -0.497 e. The molecule has 24 heavy (non-hydrogen) atoms. The number of nitrogens with zero attached hydrogens (tertiary/aromatic N) is 1. The average molecular weight is 327 g/mol. The lowest BCUT2D eigenvalue weighted by atomic mass is 10.1. The first-order valence-corrected chi connectivity index (χ1v) is 7.36. The van der Waals surface area contributed by atoms with E-state index in [0.29, 0.717) is 22.7 Å². The third kappa shape index (κ3) is 2.89. The van der Waals surface area contributed by atoms with Gasteiger partial charge in [0.1, 0.15) is 11.5 Å². The van der Waals surface area contributed by atoms with Crippen LogP contribution in [-0.4, -0.2) is 31.6 Å². The van der Waals surface area contributed by atoms with E-state index in [1.54, 1.807) is 55.6 Å². The van der Waals surface area contributed by atoms with Crippen LogP contribution in [0.4, 0.5) is 5.69 Å². The van der Waals surface area contributed by atoms with E-state index in [2.05, 4.69) is 5.43 Å². The second kappa shape index (κ2) is 6.59. The lowest BCUT2D eigenvalue weighted by Crippen LogP contribution is -2.52. The fraction of sp³-hybridized carbons (Fsp3) is 0.176. The van der Waals surface area contributed by atoms with Crippen LogP contribution in [-0.2, 0) is 4.79 Å². The number of hydrogen-bond acceptors (Lipinski definition) is 5. The van der Waals surface area contributed by atoms with Crippen molar-refractivity contribution < 1.29 is 19.1 Å². The van der Waals surface area contributed by atoms with Crippen molar-refractivity contribution in [2.75, 3.05) is 18.6 Å². The number of methoxy groups -OCH3 is 1. The van der Waals surface area contributed by atoms with Gasteiger partial charge in [0, 0.05) is 5.56 Å². The van der Waals surface area contributed by atoms with E-state index in [-0.39, 0.29) is 12.5 Å².